The molecule has 0 amide bonds. The smallest absolute Gasteiger partial charge is 0.130 e. The number of hydrogen-bond acceptors (Lipinski definition) is 2. The number of methoxy groups -OCH3 is 1. The number of rotatable bonds is 3. The highest BCUT2D eigenvalue weighted by Gasteiger charge is 2.33. The van der Waals surface area contributed by atoms with Crippen LogP contribution in [0.1, 0.15) is 29.2 Å². The van der Waals surface area contributed by atoms with Crippen molar-refractivity contribution < 1.29 is 14.2 Å². The largest absolute Gasteiger partial charge is 0.496 e. The molecule has 0 aromatic heterocycles. The van der Waals surface area contributed by atoms with Crippen LogP contribution in [0.5, 0.6) is 5.75 Å². The summed E-state index contributed by atoms with van der Waals surface area (Å²) >= 11 is 0. The van der Waals surface area contributed by atoms with E-state index in [0.29, 0.717) is 11.3 Å². The van der Waals surface area contributed by atoms with Gasteiger partial charge in [0.2, 0.25) is 0 Å². The lowest BCUT2D eigenvalue weighted by molar-refractivity contribution is 0.0940. The standard InChI is InChI=1S/C17H19FO2/c1-11-9-12(2)16(14(18)10-11)17(3,19)13-7-5-6-8-15(13)20-4/h5-10,19H,1-4H3. The maximum atomic E-state index is 14.3. The Kier molecular flexibility index (Phi) is 3.82. The highest BCUT2D eigenvalue weighted by molar-refractivity contribution is 5.47. The summed E-state index contributed by atoms with van der Waals surface area (Å²) < 4.78 is 19.6. The highest BCUT2D eigenvalue weighted by atomic mass is 19.1. The van der Waals surface area contributed by atoms with Gasteiger partial charge in [0.1, 0.15) is 17.2 Å². The van der Waals surface area contributed by atoms with Gasteiger partial charge in [-0.2, -0.15) is 0 Å². The minimum Gasteiger partial charge on any atom is -0.496 e. The van der Waals surface area contributed by atoms with E-state index in [1.54, 1.807) is 32.0 Å². The molecule has 0 aliphatic heterocycles. The molecule has 1 unspecified atom stereocenters. The van der Waals surface area contributed by atoms with Gasteiger partial charge in [-0.25, -0.2) is 4.39 Å². The first-order valence-electron chi connectivity index (χ1n) is 6.51. The van der Waals surface area contributed by atoms with Gasteiger partial charge >= 0.3 is 0 Å². The molecule has 2 aromatic carbocycles. The van der Waals surface area contributed by atoms with Crippen LogP contribution in [0, 0.1) is 19.7 Å². The molecule has 1 atom stereocenters. The van der Waals surface area contributed by atoms with E-state index < -0.39 is 11.4 Å². The summed E-state index contributed by atoms with van der Waals surface area (Å²) in [6.45, 7) is 5.22. The predicted molar refractivity (Wildman–Crippen MR) is 77.5 cm³/mol. The molecule has 0 saturated carbocycles. The summed E-state index contributed by atoms with van der Waals surface area (Å²) in [6, 6.07) is 10.4. The lowest BCUT2D eigenvalue weighted by Gasteiger charge is -2.28. The van der Waals surface area contributed by atoms with Gasteiger partial charge in [0.15, 0.2) is 0 Å². The molecule has 0 aliphatic rings. The Morgan fingerprint density at radius 3 is 2.40 bits per heavy atom. The normalized spacial score (nSPS) is 13.9. The lowest BCUT2D eigenvalue weighted by atomic mass is 9.84. The van der Waals surface area contributed by atoms with Crippen LogP contribution in [0.15, 0.2) is 36.4 Å². The number of benzene rings is 2. The Labute approximate surface area is 118 Å². The zero-order valence-corrected chi connectivity index (χ0v) is 12.2. The average molecular weight is 274 g/mol. The molecule has 0 radical (unpaired) electrons. The van der Waals surface area contributed by atoms with E-state index in [2.05, 4.69) is 0 Å². The van der Waals surface area contributed by atoms with Crippen molar-refractivity contribution in [3.8, 4) is 5.75 Å². The summed E-state index contributed by atoms with van der Waals surface area (Å²) in [5.74, 6) is 0.135. The van der Waals surface area contributed by atoms with E-state index in [0.717, 1.165) is 11.1 Å². The van der Waals surface area contributed by atoms with Crippen molar-refractivity contribution in [2.75, 3.05) is 7.11 Å². The molecule has 0 heterocycles. The molecule has 1 N–H and O–H groups in total. The third-order valence-electron chi connectivity index (χ3n) is 3.55. The first-order chi connectivity index (χ1) is 9.37. The molecule has 0 saturated heterocycles. The molecule has 0 fully saturated rings. The Hall–Kier alpha value is -1.87. The van der Waals surface area contributed by atoms with Crippen molar-refractivity contribution in [3.63, 3.8) is 0 Å². The maximum absolute atomic E-state index is 14.3. The molecule has 0 aliphatic carbocycles. The molecule has 2 aromatic rings. The fourth-order valence-corrected chi connectivity index (χ4v) is 2.71. The van der Waals surface area contributed by atoms with Gasteiger partial charge in [-0.15, -0.1) is 0 Å². The summed E-state index contributed by atoms with van der Waals surface area (Å²) in [6.07, 6.45) is 0. The van der Waals surface area contributed by atoms with E-state index in [1.165, 1.54) is 13.2 Å². The van der Waals surface area contributed by atoms with Gasteiger partial charge in [0.05, 0.1) is 7.11 Å². The number of hydrogen-bond donors (Lipinski definition) is 1. The molecular weight excluding hydrogens is 255 g/mol. The SMILES string of the molecule is COc1ccccc1C(C)(O)c1c(C)cc(C)cc1F. The van der Waals surface area contributed by atoms with Gasteiger partial charge in [0.25, 0.3) is 0 Å². The van der Waals surface area contributed by atoms with Crippen LogP contribution >= 0.6 is 0 Å². The number of aliphatic hydroxyl groups is 1. The van der Waals surface area contributed by atoms with Crippen LogP contribution in [0.25, 0.3) is 0 Å². The van der Waals surface area contributed by atoms with Crippen LogP contribution < -0.4 is 4.74 Å². The van der Waals surface area contributed by atoms with Gasteiger partial charge in [-0.3, -0.25) is 0 Å². The zero-order chi connectivity index (χ0) is 14.9. The number of aryl methyl sites for hydroxylation is 2. The molecular formula is C17H19FO2. The van der Waals surface area contributed by atoms with Crippen molar-refractivity contribution in [2.45, 2.75) is 26.4 Å². The zero-order valence-electron chi connectivity index (χ0n) is 12.2. The second kappa shape index (κ2) is 5.25. The van der Waals surface area contributed by atoms with Crippen molar-refractivity contribution >= 4 is 0 Å². The first kappa shape index (κ1) is 14.5. The molecule has 3 heteroatoms. The van der Waals surface area contributed by atoms with Crippen LogP contribution in [-0.4, -0.2) is 12.2 Å². The number of ether oxygens (including phenoxy) is 1. The summed E-state index contributed by atoms with van der Waals surface area (Å²) in [5.41, 5.74) is 0.938. The van der Waals surface area contributed by atoms with Crippen molar-refractivity contribution in [1.82, 2.24) is 0 Å². The van der Waals surface area contributed by atoms with Crippen LogP contribution in [0.4, 0.5) is 4.39 Å². The Bertz CT molecular complexity index is 610. The molecule has 2 rings (SSSR count). The average Bonchev–Trinajstić information content (AvgIpc) is 2.37. The van der Waals surface area contributed by atoms with Crippen LogP contribution in [0.2, 0.25) is 0 Å². The van der Waals surface area contributed by atoms with E-state index in [1.807, 2.05) is 19.1 Å². The Morgan fingerprint density at radius 1 is 1.15 bits per heavy atom. The number of para-hydroxylation sites is 1. The van der Waals surface area contributed by atoms with E-state index in [4.69, 9.17) is 4.74 Å². The fraction of sp³-hybridized carbons (Fsp3) is 0.294. The third kappa shape index (κ3) is 2.41. The molecule has 0 spiro atoms. The minimum absolute atomic E-state index is 0.285. The van der Waals surface area contributed by atoms with Crippen LogP contribution in [0.3, 0.4) is 0 Å². The highest BCUT2D eigenvalue weighted by Crippen LogP contribution is 2.38. The number of halogens is 1. The van der Waals surface area contributed by atoms with Crippen molar-refractivity contribution in [1.29, 1.82) is 0 Å². The fourth-order valence-electron chi connectivity index (χ4n) is 2.71. The van der Waals surface area contributed by atoms with Crippen molar-refractivity contribution in [2.24, 2.45) is 0 Å². The molecule has 20 heavy (non-hydrogen) atoms. The summed E-state index contributed by atoms with van der Waals surface area (Å²) in [4.78, 5) is 0. The second-order valence-electron chi connectivity index (χ2n) is 5.21. The second-order valence-corrected chi connectivity index (χ2v) is 5.21. The van der Waals surface area contributed by atoms with E-state index in [-0.39, 0.29) is 5.56 Å². The first-order valence-corrected chi connectivity index (χ1v) is 6.51. The maximum Gasteiger partial charge on any atom is 0.130 e. The minimum atomic E-state index is -1.45. The molecule has 0 bridgehead atoms. The van der Waals surface area contributed by atoms with Gasteiger partial charge < -0.3 is 9.84 Å². The lowest BCUT2D eigenvalue weighted by Crippen LogP contribution is -2.26. The third-order valence-corrected chi connectivity index (χ3v) is 3.55. The van der Waals surface area contributed by atoms with Gasteiger partial charge in [-0.1, -0.05) is 24.3 Å². The topological polar surface area (TPSA) is 29.5 Å². The van der Waals surface area contributed by atoms with Gasteiger partial charge in [0, 0.05) is 11.1 Å². The molecule has 106 valence electrons. The van der Waals surface area contributed by atoms with E-state index >= 15 is 0 Å². The summed E-state index contributed by atoms with van der Waals surface area (Å²) in [5, 5.41) is 10.9. The van der Waals surface area contributed by atoms with Crippen LogP contribution in [-0.2, 0) is 5.60 Å². The van der Waals surface area contributed by atoms with Gasteiger partial charge in [-0.05, 0) is 44.0 Å². The van der Waals surface area contributed by atoms with E-state index in [9.17, 15) is 9.50 Å². The Balaban J connectivity index is 2.67. The summed E-state index contributed by atoms with van der Waals surface area (Å²) in [7, 11) is 1.53. The Morgan fingerprint density at radius 2 is 1.80 bits per heavy atom. The molecule has 2 nitrogen and oxygen atoms in total. The van der Waals surface area contributed by atoms with Crippen molar-refractivity contribution in [3.05, 3.63) is 64.5 Å². The monoisotopic (exact) mass is 274 g/mol. The quantitative estimate of drug-likeness (QED) is 0.924. The predicted octanol–water partition coefficient (Wildman–Crippen LogP) is 3.71.